The van der Waals surface area contributed by atoms with Gasteiger partial charge in [0.2, 0.25) is 5.91 Å². The molecule has 10 heteroatoms. The van der Waals surface area contributed by atoms with Crippen molar-refractivity contribution in [3.05, 3.63) is 63.3 Å². The van der Waals surface area contributed by atoms with Crippen LogP contribution in [0, 0.1) is 0 Å². The maximum atomic E-state index is 12.8. The smallest absolute Gasteiger partial charge is 0.414 e. The summed E-state index contributed by atoms with van der Waals surface area (Å²) in [6.45, 7) is 0.607. The second kappa shape index (κ2) is 8.43. The average Bonchev–Trinajstić information content (AvgIpc) is 3.19. The van der Waals surface area contributed by atoms with E-state index in [4.69, 9.17) is 4.74 Å². The zero-order valence-electron chi connectivity index (χ0n) is 17.9. The van der Waals surface area contributed by atoms with E-state index in [9.17, 15) is 19.2 Å². The van der Waals surface area contributed by atoms with Gasteiger partial charge in [-0.25, -0.2) is 9.59 Å². The lowest BCUT2D eigenvalue weighted by Crippen LogP contribution is -2.39. The Balaban J connectivity index is 1.27. The minimum Gasteiger partial charge on any atom is -0.444 e. The zero-order chi connectivity index (χ0) is 23.1. The summed E-state index contributed by atoms with van der Waals surface area (Å²) >= 11 is 1.46. The summed E-state index contributed by atoms with van der Waals surface area (Å²) < 4.78 is 8.22. The summed E-state index contributed by atoms with van der Waals surface area (Å²) in [5, 5.41) is 3.32. The summed E-state index contributed by atoms with van der Waals surface area (Å²) in [5.74, 6) is 0.311. The lowest BCUT2D eigenvalue weighted by molar-refractivity contribution is -0.113. The van der Waals surface area contributed by atoms with E-state index in [2.05, 4.69) is 5.32 Å². The third kappa shape index (κ3) is 3.91. The lowest BCUT2D eigenvalue weighted by atomic mass is 10.2. The number of nitrogens with one attached hydrogen (secondary N) is 1. The van der Waals surface area contributed by atoms with Crippen molar-refractivity contribution in [1.29, 1.82) is 0 Å². The molecule has 2 aliphatic rings. The molecule has 2 aromatic carbocycles. The molecule has 0 bridgehead atoms. The fraction of sp³-hybridized carbons (Fsp3) is 0.304. The quantitative estimate of drug-likeness (QED) is 0.620. The van der Waals surface area contributed by atoms with Crippen molar-refractivity contribution < 1.29 is 14.3 Å². The number of fused-ring (bicyclic) bond motifs is 2. The Morgan fingerprint density at radius 1 is 1.12 bits per heavy atom. The largest absolute Gasteiger partial charge is 0.444 e. The third-order valence-corrected chi connectivity index (χ3v) is 7.02. The number of hydrogen-bond acceptors (Lipinski definition) is 6. The van der Waals surface area contributed by atoms with Gasteiger partial charge in [-0.3, -0.25) is 23.6 Å². The molecule has 1 N–H and O–H groups in total. The molecule has 170 valence electrons. The number of benzene rings is 2. The second-order valence-corrected chi connectivity index (χ2v) is 9.11. The van der Waals surface area contributed by atoms with E-state index < -0.39 is 6.09 Å². The molecule has 0 radical (unpaired) electrons. The van der Waals surface area contributed by atoms with Crippen LogP contribution in [0.25, 0.3) is 10.9 Å². The Hall–Kier alpha value is -3.53. The Morgan fingerprint density at radius 3 is 2.79 bits per heavy atom. The molecule has 3 aromatic rings. The van der Waals surface area contributed by atoms with Gasteiger partial charge in [-0.15, -0.1) is 11.8 Å². The second-order valence-electron chi connectivity index (χ2n) is 8.09. The van der Waals surface area contributed by atoms with Gasteiger partial charge in [0.15, 0.2) is 0 Å². The summed E-state index contributed by atoms with van der Waals surface area (Å²) in [6.07, 6.45) is 0.226. The molecule has 33 heavy (non-hydrogen) atoms. The first kappa shape index (κ1) is 21.3. The molecule has 0 saturated carbocycles. The first-order valence-electron chi connectivity index (χ1n) is 10.7. The predicted molar refractivity (Wildman–Crippen MR) is 126 cm³/mol. The van der Waals surface area contributed by atoms with Crippen LogP contribution in [0.15, 0.2) is 56.9 Å². The molecule has 9 nitrogen and oxygen atoms in total. The number of rotatable bonds is 5. The number of nitrogens with zero attached hydrogens (tertiary/aromatic N) is 3. The fourth-order valence-electron chi connectivity index (χ4n) is 4.26. The molecule has 5 rings (SSSR count). The number of carbonyl (C=O) groups excluding carboxylic acids is 2. The van der Waals surface area contributed by atoms with E-state index in [1.807, 2.05) is 12.1 Å². The van der Waals surface area contributed by atoms with Crippen molar-refractivity contribution in [3.63, 3.8) is 0 Å². The van der Waals surface area contributed by atoms with Crippen LogP contribution < -0.4 is 21.5 Å². The van der Waals surface area contributed by atoms with Crippen LogP contribution in [-0.4, -0.2) is 39.5 Å². The van der Waals surface area contributed by atoms with Gasteiger partial charge in [0.05, 0.1) is 28.9 Å². The number of aryl methyl sites for hydroxylation is 1. The summed E-state index contributed by atoms with van der Waals surface area (Å²) in [7, 11) is 1.65. The molecule has 0 spiro atoms. The lowest BCUT2D eigenvalue weighted by Gasteiger charge is -2.20. The van der Waals surface area contributed by atoms with Crippen molar-refractivity contribution in [2.75, 3.05) is 22.5 Å². The highest BCUT2D eigenvalue weighted by molar-refractivity contribution is 8.00. The molecule has 1 fully saturated rings. The standard InChI is InChI=1S/C23H22N4O5S/c1-25-18-7-3-2-6-16(18)21(29)26(22(25)30)10-4-5-15-12-27(23(31)32-15)14-8-9-19-17(11-14)24-20(28)13-33-19/h2-3,6-9,11,15H,4-5,10,12-13H2,1H3,(H,24,28)/t15-/m0/s1. The van der Waals surface area contributed by atoms with E-state index >= 15 is 0 Å². The third-order valence-electron chi connectivity index (χ3n) is 5.95. The highest BCUT2D eigenvalue weighted by atomic mass is 32.2. The summed E-state index contributed by atoms with van der Waals surface area (Å²) in [5.41, 5.74) is 1.27. The predicted octanol–water partition coefficient (Wildman–Crippen LogP) is 2.55. The molecule has 2 amide bonds. The number of thioether (sulfide) groups is 1. The number of aromatic nitrogens is 2. The summed E-state index contributed by atoms with van der Waals surface area (Å²) in [6, 6.07) is 12.5. The minimum atomic E-state index is -0.450. The summed E-state index contributed by atoms with van der Waals surface area (Å²) in [4.78, 5) is 52.1. The van der Waals surface area contributed by atoms with Crippen LogP contribution in [0.1, 0.15) is 12.8 Å². The first-order valence-corrected chi connectivity index (χ1v) is 11.6. The number of cyclic esters (lactones) is 1. The van der Waals surface area contributed by atoms with Crippen molar-refractivity contribution in [1.82, 2.24) is 9.13 Å². The van der Waals surface area contributed by atoms with Gasteiger partial charge in [0, 0.05) is 24.2 Å². The Labute approximate surface area is 192 Å². The number of carbonyl (C=O) groups is 2. The molecule has 1 aromatic heterocycles. The number of ether oxygens (including phenoxy) is 1. The molecule has 0 aliphatic carbocycles. The molecule has 0 unspecified atom stereocenters. The molecule has 2 aliphatic heterocycles. The fourth-order valence-corrected chi connectivity index (χ4v) is 5.05. The maximum absolute atomic E-state index is 12.8. The normalized spacial score (nSPS) is 17.7. The maximum Gasteiger partial charge on any atom is 0.414 e. The van der Waals surface area contributed by atoms with Crippen molar-refractivity contribution in [2.45, 2.75) is 30.4 Å². The number of para-hydroxylation sites is 1. The molecular weight excluding hydrogens is 444 g/mol. The number of anilines is 2. The van der Waals surface area contributed by atoms with E-state index in [0.717, 1.165) is 4.90 Å². The van der Waals surface area contributed by atoms with Crippen LogP contribution in [0.5, 0.6) is 0 Å². The van der Waals surface area contributed by atoms with Crippen LogP contribution in [0.4, 0.5) is 16.2 Å². The molecule has 1 atom stereocenters. The Morgan fingerprint density at radius 2 is 1.94 bits per heavy atom. The van der Waals surface area contributed by atoms with Crippen molar-refractivity contribution in [3.8, 4) is 0 Å². The van der Waals surface area contributed by atoms with Gasteiger partial charge in [-0.05, 0) is 43.2 Å². The van der Waals surface area contributed by atoms with Gasteiger partial charge in [-0.1, -0.05) is 12.1 Å². The monoisotopic (exact) mass is 466 g/mol. The SMILES string of the molecule is Cn1c(=O)n(CCC[C@H]2CN(c3ccc4c(c3)NC(=O)CS4)C(=O)O2)c(=O)c2ccccc21. The van der Waals surface area contributed by atoms with Crippen LogP contribution in [0.2, 0.25) is 0 Å². The van der Waals surface area contributed by atoms with E-state index in [-0.39, 0.29) is 29.8 Å². The van der Waals surface area contributed by atoms with Crippen LogP contribution in [0.3, 0.4) is 0 Å². The highest BCUT2D eigenvalue weighted by Gasteiger charge is 2.32. The van der Waals surface area contributed by atoms with Gasteiger partial charge in [0.25, 0.3) is 5.56 Å². The van der Waals surface area contributed by atoms with Gasteiger partial charge < -0.3 is 10.1 Å². The topological polar surface area (TPSA) is 103 Å². The van der Waals surface area contributed by atoms with E-state index in [1.54, 1.807) is 37.4 Å². The highest BCUT2D eigenvalue weighted by Crippen LogP contribution is 2.35. The first-order chi connectivity index (χ1) is 15.9. The Kier molecular flexibility index (Phi) is 5.45. The average molecular weight is 467 g/mol. The van der Waals surface area contributed by atoms with Gasteiger partial charge >= 0.3 is 11.8 Å². The number of amides is 2. The minimum absolute atomic E-state index is 0.0680. The molecule has 3 heterocycles. The zero-order valence-corrected chi connectivity index (χ0v) is 18.8. The van der Waals surface area contributed by atoms with Crippen LogP contribution >= 0.6 is 11.8 Å². The van der Waals surface area contributed by atoms with Crippen molar-refractivity contribution >= 4 is 46.0 Å². The molecular formula is C23H22N4O5S. The molecule has 1 saturated heterocycles. The van der Waals surface area contributed by atoms with Crippen LogP contribution in [-0.2, 0) is 23.1 Å². The van der Waals surface area contributed by atoms with Gasteiger partial charge in [0.1, 0.15) is 6.10 Å². The number of hydrogen-bond donors (Lipinski definition) is 1. The van der Waals surface area contributed by atoms with Crippen molar-refractivity contribution in [2.24, 2.45) is 7.05 Å². The van der Waals surface area contributed by atoms with E-state index in [1.165, 1.54) is 25.8 Å². The van der Waals surface area contributed by atoms with E-state index in [0.29, 0.717) is 47.4 Å². The Bertz CT molecular complexity index is 1400. The van der Waals surface area contributed by atoms with Gasteiger partial charge in [-0.2, -0.15) is 0 Å².